The van der Waals surface area contributed by atoms with E-state index in [1.165, 1.54) is 32.2 Å². The summed E-state index contributed by atoms with van der Waals surface area (Å²) in [5.74, 6) is -0.145. The molecule has 140 valence electrons. The molecule has 0 heterocycles. The van der Waals surface area contributed by atoms with Gasteiger partial charge in [-0.25, -0.2) is 8.42 Å². The second kappa shape index (κ2) is 8.26. The summed E-state index contributed by atoms with van der Waals surface area (Å²) in [5.41, 5.74) is 1.32. The van der Waals surface area contributed by atoms with Gasteiger partial charge in [-0.1, -0.05) is 23.2 Å². The first-order valence-electron chi connectivity index (χ1n) is 7.57. The van der Waals surface area contributed by atoms with Gasteiger partial charge in [0.05, 0.1) is 23.1 Å². The number of anilines is 1. The van der Waals surface area contributed by atoms with Gasteiger partial charge in [0, 0.05) is 10.7 Å². The van der Waals surface area contributed by atoms with E-state index in [-0.39, 0.29) is 9.92 Å². The summed E-state index contributed by atoms with van der Waals surface area (Å²) in [5, 5.41) is 3.37. The van der Waals surface area contributed by atoms with E-state index in [9.17, 15) is 13.2 Å². The third-order valence-electron chi connectivity index (χ3n) is 3.61. The highest BCUT2D eigenvalue weighted by atomic mass is 35.5. The third-order valence-corrected chi connectivity index (χ3v) is 5.67. The van der Waals surface area contributed by atoms with Gasteiger partial charge in [0.25, 0.3) is 0 Å². The third kappa shape index (κ3) is 4.88. The first kappa shape index (κ1) is 20.5. The lowest BCUT2D eigenvalue weighted by molar-refractivity contribution is -0.117. The van der Waals surface area contributed by atoms with Crippen LogP contribution in [0.1, 0.15) is 12.5 Å². The summed E-state index contributed by atoms with van der Waals surface area (Å²) < 4.78 is 32.2. The number of halogens is 2. The Morgan fingerprint density at radius 3 is 2.42 bits per heavy atom. The normalized spacial score (nSPS) is 12.5. The number of carbonyl (C=O) groups excluding carboxylic acids is 1. The largest absolute Gasteiger partial charge is 0.495 e. The van der Waals surface area contributed by atoms with Gasteiger partial charge in [0.2, 0.25) is 15.9 Å². The lowest BCUT2D eigenvalue weighted by atomic mass is 10.2. The van der Waals surface area contributed by atoms with Gasteiger partial charge in [0.1, 0.15) is 5.75 Å². The molecule has 1 atom stereocenters. The SMILES string of the molecule is COc1ccc(S(=O)(=O)N[C@@H](C)C(=O)Nc2ccc(Cl)cc2C)cc1Cl. The molecule has 0 bridgehead atoms. The van der Waals surface area contributed by atoms with E-state index in [0.29, 0.717) is 16.5 Å². The molecule has 0 saturated heterocycles. The molecule has 2 N–H and O–H groups in total. The maximum absolute atomic E-state index is 12.5. The number of carbonyl (C=O) groups is 1. The summed E-state index contributed by atoms with van der Waals surface area (Å²) in [6.07, 6.45) is 0. The van der Waals surface area contributed by atoms with Gasteiger partial charge in [-0.15, -0.1) is 0 Å². The number of hydrogen-bond donors (Lipinski definition) is 2. The number of hydrogen-bond acceptors (Lipinski definition) is 4. The average molecular weight is 417 g/mol. The van der Waals surface area contributed by atoms with Crippen LogP contribution in [0.5, 0.6) is 5.75 Å². The number of nitrogens with one attached hydrogen (secondary N) is 2. The summed E-state index contributed by atoms with van der Waals surface area (Å²) in [6, 6.07) is 8.04. The molecular formula is C17H18Cl2N2O4S. The highest BCUT2D eigenvalue weighted by molar-refractivity contribution is 7.89. The van der Waals surface area contributed by atoms with Crippen molar-refractivity contribution in [2.24, 2.45) is 0 Å². The number of rotatable bonds is 6. The Balaban J connectivity index is 2.13. The van der Waals surface area contributed by atoms with Crippen molar-refractivity contribution in [3.05, 3.63) is 52.0 Å². The Bertz CT molecular complexity index is 932. The average Bonchev–Trinajstić information content (AvgIpc) is 2.56. The van der Waals surface area contributed by atoms with Crippen LogP contribution in [0.4, 0.5) is 5.69 Å². The Morgan fingerprint density at radius 2 is 1.85 bits per heavy atom. The topological polar surface area (TPSA) is 84.5 Å². The van der Waals surface area contributed by atoms with Crippen LogP contribution in [-0.2, 0) is 14.8 Å². The first-order valence-corrected chi connectivity index (χ1v) is 9.81. The molecule has 0 aliphatic rings. The molecule has 2 aromatic carbocycles. The zero-order valence-corrected chi connectivity index (χ0v) is 16.7. The predicted molar refractivity (Wildman–Crippen MR) is 103 cm³/mol. The maximum Gasteiger partial charge on any atom is 0.242 e. The molecule has 1 amide bonds. The molecule has 0 aromatic heterocycles. The number of amides is 1. The molecule has 0 spiro atoms. The number of ether oxygens (including phenoxy) is 1. The van der Waals surface area contributed by atoms with E-state index in [0.717, 1.165) is 5.56 Å². The molecule has 2 rings (SSSR count). The van der Waals surface area contributed by atoms with E-state index in [1.54, 1.807) is 25.1 Å². The molecule has 0 aliphatic heterocycles. The molecule has 26 heavy (non-hydrogen) atoms. The molecular weight excluding hydrogens is 399 g/mol. The highest BCUT2D eigenvalue weighted by Crippen LogP contribution is 2.27. The smallest absolute Gasteiger partial charge is 0.242 e. The number of methoxy groups -OCH3 is 1. The Kier molecular flexibility index (Phi) is 6.52. The van der Waals surface area contributed by atoms with E-state index in [2.05, 4.69) is 10.0 Å². The minimum atomic E-state index is -3.93. The number of aryl methyl sites for hydroxylation is 1. The second-order valence-corrected chi connectivity index (χ2v) is 8.15. The monoisotopic (exact) mass is 416 g/mol. The van der Waals surface area contributed by atoms with Gasteiger partial charge in [0.15, 0.2) is 0 Å². The lowest BCUT2D eigenvalue weighted by Gasteiger charge is -2.16. The van der Waals surface area contributed by atoms with Crippen LogP contribution in [0.2, 0.25) is 10.0 Å². The standard InChI is InChI=1S/C17H18Cl2N2O4S/c1-10-8-12(18)4-6-15(10)20-17(22)11(2)21-26(23,24)13-5-7-16(25-3)14(19)9-13/h4-9,11,21H,1-3H3,(H,20,22)/t11-/m0/s1. The maximum atomic E-state index is 12.5. The van der Waals surface area contributed by atoms with Gasteiger partial charge in [-0.3, -0.25) is 4.79 Å². The Morgan fingerprint density at radius 1 is 1.15 bits per heavy atom. The lowest BCUT2D eigenvalue weighted by Crippen LogP contribution is -2.41. The number of sulfonamides is 1. The summed E-state index contributed by atoms with van der Waals surface area (Å²) in [4.78, 5) is 12.2. The molecule has 0 unspecified atom stereocenters. The van der Waals surface area contributed by atoms with E-state index in [1.807, 2.05) is 0 Å². The van der Waals surface area contributed by atoms with Crippen molar-refractivity contribution in [2.45, 2.75) is 24.8 Å². The predicted octanol–water partition coefficient (Wildman–Crippen LogP) is 3.62. The minimum Gasteiger partial charge on any atom is -0.495 e. The van der Waals surface area contributed by atoms with Crippen LogP contribution in [0.25, 0.3) is 0 Å². The fourth-order valence-electron chi connectivity index (χ4n) is 2.18. The Hall–Kier alpha value is -1.80. The summed E-state index contributed by atoms with van der Waals surface area (Å²) >= 11 is 11.8. The molecule has 0 radical (unpaired) electrons. The van der Waals surface area contributed by atoms with Crippen LogP contribution in [0, 0.1) is 6.92 Å². The van der Waals surface area contributed by atoms with E-state index in [4.69, 9.17) is 27.9 Å². The number of benzene rings is 2. The highest BCUT2D eigenvalue weighted by Gasteiger charge is 2.23. The van der Waals surface area contributed by atoms with Gasteiger partial charge >= 0.3 is 0 Å². The zero-order chi connectivity index (χ0) is 19.5. The van der Waals surface area contributed by atoms with Crippen molar-refractivity contribution in [2.75, 3.05) is 12.4 Å². The van der Waals surface area contributed by atoms with Gasteiger partial charge in [-0.2, -0.15) is 4.72 Å². The first-order chi connectivity index (χ1) is 12.1. The Labute approximate surface area is 162 Å². The summed E-state index contributed by atoms with van der Waals surface area (Å²) in [7, 11) is -2.50. The fraction of sp³-hybridized carbons (Fsp3) is 0.235. The summed E-state index contributed by atoms with van der Waals surface area (Å²) in [6.45, 7) is 3.24. The van der Waals surface area contributed by atoms with E-state index < -0.39 is 22.0 Å². The minimum absolute atomic E-state index is 0.0642. The van der Waals surface area contributed by atoms with Crippen molar-refractivity contribution >= 4 is 44.8 Å². The van der Waals surface area contributed by atoms with Crippen molar-refractivity contribution in [1.82, 2.24) is 4.72 Å². The molecule has 6 nitrogen and oxygen atoms in total. The zero-order valence-electron chi connectivity index (χ0n) is 14.3. The molecule has 2 aromatic rings. The molecule has 0 aliphatic carbocycles. The second-order valence-electron chi connectivity index (χ2n) is 5.59. The van der Waals surface area contributed by atoms with Crippen molar-refractivity contribution in [1.29, 1.82) is 0 Å². The quantitative estimate of drug-likeness (QED) is 0.752. The van der Waals surface area contributed by atoms with E-state index >= 15 is 0 Å². The van der Waals surface area contributed by atoms with Crippen molar-refractivity contribution in [3.8, 4) is 5.75 Å². The van der Waals surface area contributed by atoms with Crippen LogP contribution in [0.15, 0.2) is 41.3 Å². The fourth-order valence-corrected chi connectivity index (χ4v) is 3.95. The van der Waals surface area contributed by atoms with Crippen LogP contribution < -0.4 is 14.8 Å². The molecule has 0 saturated carbocycles. The van der Waals surface area contributed by atoms with Crippen LogP contribution in [0.3, 0.4) is 0 Å². The van der Waals surface area contributed by atoms with Crippen LogP contribution in [-0.4, -0.2) is 27.5 Å². The molecule has 9 heteroatoms. The van der Waals surface area contributed by atoms with Gasteiger partial charge in [-0.05, 0) is 55.8 Å². The van der Waals surface area contributed by atoms with Gasteiger partial charge < -0.3 is 10.1 Å². The molecule has 0 fully saturated rings. The van der Waals surface area contributed by atoms with Crippen molar-refractivity contribution < 1.29 is 17.9 Å². The van der Waals surface area contributed by atoms with Crippen molar-refractivity contribution in [3.63, 3.8) is 0 Å². The van der Waals surface area contributed by atoms with Crippen LogP contribution >= 0.6 is 23.2 Å².